The first-order valence-electron chi connectivity index (χ1n) is 10.1. The molecule has 1 heterocycles. The lowest BCUT2D eigenvalue weighted by molar-refractivity contribution is -0.275. The average molecular weight is 313 g/mol. The third-order valence-electron chi connectivity index (χ3n) is 4.78. The summed E-state index contributed by atoms with van der Waals surface area (Å²) >= 11 is 0. The summed E-state index contributed by atoms with van der Waals surface area (Å²) in [6.45, 7) is 5.45. The van der Waals surface area contributed by atoms with Crippen LogP contribution in [0.1, 0.15) is 110 Å². The zero-order valence-corrected chi connectivity index (χ0v) is 15.3. The van der Waals surface area contributed by atoms with Crippen molar-refractivity contribution in [3.8, 4) is 0 Å². The number of rotatable bonds is 15. The highest BCUT2D eigenvalue weighted by molar-refractivity contribution is 4.59. The Labute approximate surface area is 139 Å². The van der Waals surface area contributed by atoms with Crippen LogP contribution in [0.5, 0.6) is 0 Å². The van der Waals surface area contributed by atoms with E-state index in [1.54, 1.807) is 0 Å². The second kappa shape index (κ2) is 14.5. The van der Waals surface area contributed by atoms with E-state index in [1.165, 1.54) is 89.9 Å². The van der Waals surface area contributed by atoms with Gasteiger partial charge in [-0.2, -0.15) is 0 Å². The molecule has 1 aliphatic rings. The van der Waals surface area contributed by atoms with Crippen LogP contribution in [0.3, 0.4) is 0 Å². The highest BCUT2D eigenvalue weighted by Crippen LogP contribution is 2.17. The molecule has 0 aliphatic carbocycles. The van der Waals surface area contributed by atoms with E-state index in [0.29, 0.717) is 6.10 Å². The fraction of sp³-hybridized carbons (Fsp3) is 1.00. The fourth-order valence-corrected chi connectivity index (χ4v) is 3.26. The molecule has 0 aromatic rings. The molecular formula is C20H40O2. The molecule has 1 atom stereocenters. The molecule has 1 saturated heterocycles. The summed E-state index contributed by atoms with van der Waals surface area (Å²) in [6.07, 6.45) is 21.2. The largest absolute Gasteiger partial charge is 0.236 e. The maximum atomic E-state index is 5.17. The van der Waals surface area contributed by atoms with Gasteiger partial charge in [0.1, 0.15) is 0 Å². The zero-order valence-electron chi connectivity index (χ0n) is 15.3. The molecule has 1 fully saturated rings. The molecule has 0 aromatic carbocycles. The molecule has 0 radical (unpaired) electrons. The first-order chi connectivity index (χ1) is 10.8. The van der Waals surface area contributed by atoms with E-state index in [2.05, 4.69) is 13.8 Å². The van der Waals surface area contributed by atoms with Gasteiger partial charge >= 0.3 is 0 Å². The van der Waals surface area contributed by atoms with Gasteiger partial charge in [0.25, 0.3) is 0 Å². The van der Waals surface area contributed by atoms with E-state index >= 15 is 0 Å². The smallest absolute Gasteiger partial charge is 0.0953 e. The molecule has 22 heavy (non-hydrogen) atoms. The molecule has 0 saturated carbocycles. The Hall–Kier alpha value is -0.0800. The van der Waals surface area contributed by atoms with Crippen LogP contribution >= 0.6 is 0 Å². The first kappa shape index (κ1) is 20.0. The molecule has 132 valence electrons. The highest BCUT2D eigenvalue weighted by Gasteiger charge is 2.15. The van der Waals surface area contributed by atoms with Gasteiger partial charge in [-0.15, -0.1) is 0 Å². The van der Waals surface area contributed by atoms with Crippen molar-refractivity contribution in [2.24, 2.45) is 5.92 Å². The van der Waals surface area contributed by atoms with Gasteiger partial charge in [0.05, 0.1) is 12.7 Å². The molecule has 2 nitrogen and oxygen atoms in total. The fourth-order valence-electron chi connectivity index (χ4n) is 3.26. The Bertz CT molecular complexity index is 222. The van der Waals surface area contributed by atoms with E-state index in [4.69, 9.17) is 9.78 Å². The van der Waals surface area contributed by atoms with Crippen LogP contribution < -0.4 is 0 Å². The van der Waals surface area contributed by atoms with Gasteiger partial charge in [-0.05, 0) is 12.3 Å². The molecule has 1 unspecified atom stereocenters. The van der Waals surface area contributed by atoms with Crippen LogP contribution in [0, 0.1) is 5.92 Å². The van der Waals surface area contributed by atoms with Crippen molar-refractivity contribution in [3.63, 3.8) is 0 Å². The van der Waals surface area contributed by atoms with E-state index in [0.717, 1.165) is 18.9 Å². The molecular weight excluding hydrogens is 272 g/mol. The van der Waals surface area contributed by atoms with Gasteiger partial charge in [-0.1, -0.05) is 97.3 Å². The van der Waals surface area contributed by atoms with Crippen LogP contribution in [0.15, 0.2) is 0 Å². The van der Waals surface area contributed by atoms with Crippen molar-refractivity contribution >= 4 is 0 Å². The van der Waals surface area contributed by atoms with Gasteiger partial charge in [0.15, 0.2) is 0 Å². The van der Waals surface area contributed by atoms with Gasteiger partial charge in [0.2, 0.25) is 0 Å². The summed E-state index contributed by atoms with van der Waals surface area (Å²) in [5.41, 5.74) is 0. The summed E-state index contributed by atoms with van der Waals surface area (Å²) in [6, 6.07) is 0. The van der Waals surface area contributed by atoms with E-state index in [1.807, 2.05) is 0 Å². The predicted octanol–water partition coefficient (Wildman–Crippen LogP) is 6.82. The second-order valence-electron chi connectivity index (χ2n) is 7.54. The van der Waals surface area contributed by atoms with Crippen LogP contribution in [0.2, 0.25) is 0 Å². The molecule has 0 spiro atoms. The van der Waals surface area contributed by atoms with Crippen LogP contribution in [-0.4, -0.2) is 12.7 Å². The Kier molecular flexibility index (Phi) is 13.2. The number of unbranched alkanes of at least 4 members (excludes halogenated alkanes) is 11. The van der Waals surface area contributed by atoms with E-state index in [-0.39, 0.29) is 0 Å². The maximum Gasteiger partial charge on any atom is 0.0953 e. The van der Waals surface area contributed by atoms with Crippen molar-refractivity contribution in [2.45, 2.75) is 116 Å². The Morgan fingerprint density at radius 3 is 1.68 bits per heavy atom. The summed E-state index contributed by atoms with van der Waals surface area (Å²) in [5.74, 6) is 0.888. The monoisotopic (exact) mass is 312 g/mol. The van der Waals surface area contributed by atoms with E-state index < -0.39 is 0 Å². The van der Waals surface area contributed by atoms with E-state index in [9.17, 15) is 0 Å². The minimum Gasteiger partial charge on any atom is -0.236 e. The Morgan fingerprint density at radius 1 is 0.727 bits per heavy atom. The normalized spacial score (nSPS) is 18.4. The summed E-state index contributed by atoms with van der Waals surface area (Å²) in [7, 11) is 0. The Morgan fingerprint density at radius 2 is 1.23 bits per heavy atom. The summed E-state index contributed by atoms with van der Waals surface area (Å²) in [4.78, 5) is 10.1. The summed E-state index contributed by atoms with van der Waals surface area (Å²) in [5, 5.41) is 0. The first-order valence-corrected chi connectivity index (χ1v) is 10.1. The minimum atomic E-state index is 0.389. The molecule has 1 rings (SSSR count). The SMILES string of the molecule is CC(C)CCCCCCCCCCCCCCC1CCOO1. The predicted molar refractivity (Wildman–Crippen MR) is 94.9 cm³/mol. The maximum absolute atomic E-state index is 5.17. The molecule has 0 amide bonds. The van der Waals surface area contributed by atoms with Gasteiger partial charge in [-0.25, -0.2) is 9.78 Å². The zero-order chi connectivity index (χ0) is 15.9. The lowest BCUT2D eigenvalue weighted by Crippen LogP contribution is -2.03. The van der Waals surface area contributed by atoms with Crippen molar-refractivity contribution in [1.29, 1.82) is 0 Å². The average Bonchev–Trinajstić information content (AvgIpc) is 3.00. The minimum absolute atomic E-state index is 0.389. The second-order valence-corrected chi connectivity index (χ2v) is 7.54. The third kappa shape index (κ3) is 12.5. The van der Waals surface area contributed by atoms with Crippen molar-refractivity contribution in [2.75, 3.05) is 6.61 Å². The van der Waals surface area contributed by atoms with Gasteiger partial charge in [-0.3, -0.25) is 0 Å². The van der Waals surface area contributed by atoms with Crippen LogP contribution in [0.4, 0.5) is 0 Å². The van der Waals surface area contributed by atoms with Crippen LogP contribution in [-0.2, 0) is 9.78 Å². The van der Waals surface area contributed by atoms with Crippen LogP contribution in [0.25, 0.3) is 0 Å². The molecule has 2 heteroatoms. The highest BCUT2D eigenvalue weighted by atomic mass is 17.2. The number of hydrogen-bond acceptors (Lipinski definition) is 2. The van der Waals surface area contributed by atoms with Gasteiger partial charge in [0, 0.05) is 6.42 Å². The van der Waals surface area contributed by atoms with Crippen molar-refractivity contribution in [3.05, 3.63) is 0 Å². The molecule has 0 N–H and O–H groups in total. The lowest BCUT2D eigenvalue weighted by Gasteiger charge is -2.06. The lowest BCUT2D eigenvalue weighted by atomic mass is 10.0. The molecule has 1 aliphatic heterocycles. The van der Waals surface area contributed by atoms with Gasteiger partial charge < -0.3 is 0 Å². The molecule has 0 bridgehead atoms. The van der Waals surface area contributed by atoms with Crippen molar-refractivity contribution < 1.29 is 9.78 Å². The quantitative estimate of drug-likeness (QED) is 0.244. The topological polar surface area (TPSA) is 18.5 Å². The standard InChI is InChI=1S/C20H40O2/c1-19(2)15-13-11-9-7-5-3-4-6-8-10-12-14-16-20-17-18-21-22-20/h19-20H,3-18H2,1-2H3. The third-order valence-corrected chi connectivity index (χ3v) is 4.78. The molecule has 0 aromatic heterocycles. The van der Waals surface area contributed by atoms with Crippen molar-refractivity contribution in [1.82, 2.24) is 0 Å². The Balaban J connectivity index is 1.66. The summed E-state index contributed by atoms with van der Waals surface area (Å²) < 4.78 is 0. The number of hydrogen-bond donors (Lipinski definition) is 0.